The van der Waals surface area contributed by atoms with E-state index >= 15 is 0 Å². The van der Waals surface area contributed by atoms with Gasteiger partial charge in [-0.2, -0.15) is 0 Å². The lowest BCUT2D eigenvalue weighted by atomic mass is 10.2. The third kappa shape index (κ3) is 5.09. The molecular weight excluding hydrogens is 287 g/mol. The molecule has 0 aliphatic carbocycles. The third-order valence-electron chi connectivity index (χ3n) is 3.66. The molecule has 1 aliphatic rings. The standard InChI is InChI=1S/C15H21FN4O2/c16-13-5-2-1-4-12(13)10-19-6-3-7-20(9-8-19)11-14(21)18-15(17)22/h1-2,4-5H,3,6-11H2,(H3,17,18,21,22). The lowest BCUT2D eigenvalue weighted by molar-refractivity contribution is -0.121. The first-order valence-corrected chi connectivity index (χ1v) is 7.32. The Morgan fingerprint density at radius 3 is 2.55 bits per heavy atom. The predicted molar refractivity (Wildman–Crippen MR) is 80.5 cm³/mol. The number of primary amides is 1. The van der Waals surface area contributed by atoms with Crippen LogP contribution >= 0.6 is 0 Å². The molecule has 1 fully saturated rings. The van der Waals surface area contributed by atoms with Gasteiger partial charge in [-0.05, 0) is 25.6 Å². The summed E-state index contributed by atoms with van der Waals surface area (Å²) >= 11 is 0. The highest BCUT2D eigenvalue weighted by Crippen LogP contribution is 2.12. The van der Waals surface area contributed by atoms with Crippen molar-refractivity contribution in [3.05, 3.63) is 35.6 Å². The van der Waals surface area contributed by atoms with E-state index in [4.69, 9.17) is 5.73 Å². The molecule has 0 bridgehead atoms. The summed E-state index contributed by atoms with van der Waals surface area (Å²) in [6, 6.07) is 5.93. The van der Waals surface area contributed by atoms with E-state index in [0.29, 0.717) is 18.7 Å². The van der Waals surface area contributed by atoms with Gasteiger partial charge in [0, 0.05) is 25.2 Å². The first kappa shape index (κ1) is 16.4. The number of nitrogens with one attached hydrogen (secondary N) is 1. The molecule has 2 rings (SSSR count). The van der Waals surface area contributed by atoms with Crippen molar-refractivity contribution in [3.63, 3.8) is 0 Å². The molecule has 1 aromatic carbocycles. The minimum atomic E-state index is -0.832. The van der Waals surface area contributed by atoms with Crippen LogP contribution in [0.25, 0.3) is 0 Å². The number of nitrogens with zero attached hydrogens (tertiary/aromatic N) is 2. The molecule has 1 aliphatic heterocycles. The highest BCUT2D eigenvalue weighted by atomic mass is 19.1. The molecule has 120 valence electrons. The molecule has 3 amide bonds. The van der Waals surface area contributed by atoms with Gasteiger partial charge in [0.25, 0.3) is 0 Å². The van der Waals surface area contributed by atoms with Crippen LogP contribution in [-0.4, -0.2) is 54.5 Å². The summed E-state index contributed by atoms with van der Waals surface area (Å²) in [7, 11) is 0. The fourth-order valence-electron chi connectivity index (χ4n) is 2.59. The van der Waals surface area contributed by atoms with Gasteiger partial charge in [-0.25, -0.2) is 9.18 Å². The topological polar surface area (TPSA) is 78.7 Å². The minimum Gasteiger partial charge on any atom is -0.351 e. The van der Waals surface area contributed by atoms with E-state index in [1.807, 2.05) is 11.0 Å². The van der Waals surface area contributed by atoms with E-state index in [0.717, 1.165) is 26.1 Å². The average Bonchev–Trinajstić information content (AvgIpc) is 2.66. The number of carbonyl (C=O) groups excluding carboxylic acids is 2. The normalized spacial score (nSPS) is 17.0. The number of hydrogen-bond acceptors (Lipinski definition) is 4. The quantitative estimate of drug-likeness (QED) is 0.850. The second kappa shape index (κ2) is 7.86. The molecule has 22 heavy (non-hydrogen) atoms. The number of imide groups is 1. The van der Waals surface area contributed by atoms with Gasteiger partial charge in [0.05, 0.1) is 6.54 Å². The zero-order chi connectivity index (χ0) is 15.9. The van der Waals surface area contributed by atoms with Crippen molar-refractivity contribution >= 4 is 11.9 Å². The maximum Gasteiger partial charge on any atom is 0.318 e. The number of rotatable bonds is 4. The van der Waals surface area contributed by atoms with Crippen LogP contribution in [0.1, 0.15) is 12.0 Å². The molecule has 1 heterocycles. The first-order valence-electron chi connectivity index (χ1n) is 7.32. The summed E-state index contributed by atoms with van der Waals surface area (Å²) in [6.07, 6.45) is 0.887. The van der Waals surface area contributed by atoms with Crippen LogP contribution in [0, 0.1) is 5.82 Å². The van der Waals surface area contributed by atoms with Crippen molar-refractivity contribution in [1.82, 2.24) is 15.1 Å². The summed E-state index contributed by atoms with van der Waals surface area (Å²) in [5.74, 6) is -0.584. The lowest BCUT2D eigenvalue weighted by Crippen LogP contribution is -2.43. The Morgan fingerprint density at radius 1 is 1.14 bits per heavy atom. The number of carbonyl (C=O) groups is 2. The van der Waals surface area contributed by atoms with Crippen LogP contribution in [0.5, 0.6) is 0 Å². The van der Waals surface area contributed by atoms with Gasteiger partial charge < -0.3 is 5.73 Å². The van der Waals surface area contributed by atoms with Crippen molar-refractivity contribution in [2.75, 3.05) is 32.7 Å². The Hall–Kier alpha value is -1.99. The monoisotopic (exact) mass is 308 g/mol. The molecule has 0 aromatic heterocycles. The van der Waals surface area contributed by atoms with Crippen molar-refractivity contribution in [2.24, 2.45) is 5.73 Å². The molecule has 1 saturated heterocycles. The van der Waals surface area contributed by atoms with Crippen molar-refractivity contribution in [3.8, 4) is 0 Å². The number of hydrogen-bond donors (Lipinski definition) is 2. The van der Waals surface area contributed by atoms with Gasteiger partial charge in [0.1, 0.15) is 5.82 Å². The summed E-state index contributed by atoms with van der Waals surface area (Å²) in [5, 5.41) is 2.06. The molecular formula is C15H21FN4O2. The van der Waals surface area contributed by atoms with E-state index in [9.17, 15) is 14.0 Å². The zero-order valence-electron chi connectivity index (χ0n) is 12.4. The Balaban J connectivity index is 1.83. The molecule has 3 N–H and O–H groups in total. The fourth-order valence-corrected chi connectivity index (χ4v) is 2.59. The summed E-state index contributed by atoms with van der Waals surface area (Å²) in [6.45, 7) is 3.77. The van der Waals surface area contributed by atoms with Crippen LogP contribution in [-0.2, 0) is 11.3 Å². The van der Waals surface area contributed by atoms with Gasteiger partial charge >= 0.3 is 6.03 Å². The number of amides is 3. The van der Waals surface area contributed by atoms with Crippen molar-refractivity contribution in [2.45, 2.75) is 13.0 Å². The Bertz CT molecular complexity index is 538. The summed E-state index contributed by atoms with van der Waals surface area (Å²) in [4.78, 5) is 26.3. The Labute approximate surface area is 129 Å². The van der Waals surface area contributed by atoms with Crippen molar-refractivity contribution in [1.29, 1.82) is 0 Å². The van der Waals surface area contributed by atoms with E-state index in [2.05, 4.69) is 10.2 Å². The van der Waals surface area contributed by atoms with Gasteiger partial charge in [0.15, 0.2) is 0 Å². The fraction of sp³-hybridized carbons (Fsp3) is 0.467. The molecule has 0 radical (unpaired) electrons. The first-order chi connectivity index (χ1) is 10.5. The third-order valence-corrected chi connectivity index (χ3v) is 3.66. The Morgan fingerprint density at radius 2 is 1.82 bits per heavy atom. The van der Waals surface area contributed by atoms with Crippen molar-refractivity contribution < 1.29 is 14.0 Å². The smallest absolute Gasteiger partial charge is 0.318 e. The molecule has 0 atom stereocenters. The van der Waals surface area contributed by atoms with Crippen LogP contribution in [0.3, 0.4) is 0 Å². The predicted octanol–water partition coefficient (Wildman–Crippen LogP) is 0.528. The van der Waals surface area contributed by atoms with Gasteiger partial charge in [-0.3, -0.25) is 19.9 Å². The number of halogens is 1. The molecule has 1 aromatic rings. The highest BCUT2D eigenvalue weighted by molar-refractivity contribution is 5.94. The molecule has 6 nitrogen and oxygen atoms in total. The highest BCUT2D eigenvalue weighted by Gasteiger charge is 2.18. The maximum atomic E-state index is 13.7. The van der Waals surface area contributed by atoms with Crippen LogP contribution in [0.4, 0.5) is 9.18 Å². The molecule has 0 unspecified atom stereocenters. The van der Waals surface area contributed by atoms with Gasteiger partial charge in [0.2, 0.25) is 5.91 Å². The lowest BCUT2D eigenvalue weighted by Gasteiger charge is -2.21. The van der Waals surface area contributed by atoms with Crippen LogP contribution < -0.4 is 11.1 Å². The molecule has 0 spiro atoms. The SMILES string of the molecule is NC(=O)NC(=O)CN1CCCN(Cc2ccccc2F)CC1. The molecule has 0 saturated carbocycles. The van der Waals surface area contributed by atoms with E-state index in [1.54, 1.807) is 12.1 Å². The van der Waals surface area contributed by atoms with Gasteiger partial charge in [-0.1, -0.05) is 18.2 Å². The summed E-state index contributed by atoms with van der Waals surface area (Å²) < 4.78 is 13.7. The van der Waals surface area contributed by atoms with Crippen LogP contribution in [0.15, 0.2) is 24.3 Å². The van der Waals surface area contributed by atoms with Gasteiger partial charge in [-0.15, -0.1) is 0 Å². The van der Waals surface area contributed by atoms with E-state index in [1.165, 1.54) is 6.07 Å². The second-order valence-electron chi connectivity index (χ2n) is 5.41. The number of urea groups is 1. The minimum absolute atomic E-state index is 0.149. The maximum absolute atomic E-state index is 13.7. The largest absolute Gasteiger partial charge is 0.351 e. The summed E-state index contributed by atoms with van der Waals surface area (Å²) in [5.41, 5.74) is 5.60. The number of nitrogens with two attached hydrogens (primary N) is 1. The van der Waals surface area contributed by atoms with E-state index in [-0.39, 0.29) is 12.4 Å². The van der Waals surface area contributed by atoms with Crippen LogP contribution in [0.2, 0.25) is 0 Å². The second-order valence-corrected chi connectivity index (χ2v) is 5.41. The zero-order valence-corrected chi connectivity index (χ0v) is 12.4. The van der Waals surface area contributed by atoms with E-state index < -0.39 is 11.9 Å². The number of benzene rings is 1. The average molecular weight is 308 g/mol. The molecule has 7 heteroatoms. The Kier molecular flexibility index (Phi) is 5.85.